The fourth-order valence-corrected chi connectivity index (χ4v) is 2.41. The summed E-state index contributed by atoms with van der Waals surface area (Å²) >= 11 is 12.5. The van der Waals surface area contributed by atoms with Crippen LogP contribution >= 0.6 is 43.5 Å². The van der Waals surface area contributed by atoms with Gasteiger partial charge in [0.25, 0.3) is 0 Å². The Hall–Kier alpha value is -0.650. The third kappa shape index (κ3) is 3.43. The molecule has 2 rings (SSSR count). The highest BCUT2D eigenvalue weighted by Crippen LogP contribution is 2.25. The number of anilines is 1. The normalized spacial score (nSPS) is 10.4. The first-order chi connectivity index (χ1) is 8.56. The molecule has 0 saturated heterocycles. The zero-order valence-electron chi connectivity index (χ0n) is 9.05. The highest BCUT2D eigenvalue weighted by Gasteiger charge is 2.05. The number of pyridine rings is 1. The number of nitrogens with zero attached hydrogens (tertiary/aromatic N) is 1. The summed E-state index contributed by atoms with van der Waals surface area (Å²) in [6.45, 7) is 0.543. The molecule has 18 heavy (non-hydrogen) atoms. The highest BCUT2D eigenvalue weighted by molar-refractivity contribution is 9.10. The second-order valence-corrected chi connectivity index (χ2v) is 5.62. The van der Waals surface area contributed by atoms with Gasteiger partial charge in [-0.05, 0) is 39.7 Å². The molecule has 1 aromatic heterocycles. The first-order valence-corrected chi connectivity index (χ1v) is 7.01. The summed E-state index contributed by atoms with van der Waals surface area (Å²) < 4.78 is 14.4. The number of rotatable bonds is 3. The zero-order chi connectivity index (χ0) is 13.1. The van der Waals surface area contributed by atoms with Crippen molar-refractivity contribution in [2.24, 2.45) is 0 Å². The van der Waals surface area contributed by atoms with Crippen LogP contribution in [0, 0.1) is 5.82 Å². The SMILES string of the molecule is Fc1ccc(CNc2cc(Cl)cnc2Br)c(Br)c1. The van der Waals surface area contributed by atoms with Crippen LogP contribution in [0.3, 0.4) is 0 Å². The Kier molecular flexibility index (Phi) is 4.59. The van der Waals surface area contributed by atoms with E-state index in [9.17, 15) is 4.39 Å². The van der Waals surface area contributed by atoms with Crippen molar-refractivity contribution in [3.8, 4) is 0 Å². The molecule has 0 saturated carbocycles. The van der Waals surface area contributed by atoms with E-state index in [-0.39, 0.29) is 5.82 Å². The van der Waals surface area contributed by atoms with Gasteiger partial charge in [0.05, 0.1) is 10.7 Å². The molecule has 0 atom stereocenters. The Balaban J connectivity index is 2.13. The number of hydrogen-bond donors (Lipinski definition) is 1. The quantitative estimate of drug-likeness (QED) is 0.740. The van der Waals surface area contributed by atoms with E-state index in [1.54, 1.807) is 18.3 Å². The lowest BCUT2D eigenvalue weighted by atomic mass is 10.2. The summed E-state index contributed by atoms with van der Waals surface area (Å²) in [7, 11) is 0. The summed E-state index contributed by atoms with van der Waals surface area (Å²) in [5, 5.41) is 3.74. The number of nitrogens with one attached hydrogen (secondary N) is 1. The highest BCUT2D eigenvalue weighted by atomic mass is 79.9. The molecule has 0 bridgehead atoms. The standard InChI is InChI=1S/C12H8Br2ClFN2/c13-10-4-9(16)2-1-7(10)5-17-11-3-8(15)6-18-12(11)14/h1-4,6,17H,5H2. The van der Waals surface area contributed by atoms with E-state index < -0.39 is 0 Å². The minimum absolute atomic E-state index is 0.267. The van der Waals surface area contributed by atoms with Gasteiger partial charge in [0.2, 0.25) is 0 Å². The predicted octanol–water partition coefficient (Wildman–Crippen LogP) is 5.01. The van der Waals surface area contributed by atoms with E-state index in [1.807, 2.05) is 0 Å². The fourth-order valence-electron chi connectivity index (χ4n) is 1.40. The molecule has 6 heteroatoms. The Morgan fingerprint density at radius 1 is 1.28 bits per heavy atom. The van der Waals surface area contributed by atoms with E-state index >= 15 is 0 Å². The number of hydrogen-bond acceptors (Lipinski definition) is 2. The zero-order valence-corrected chi connectivity index (χ0v) is 13.0. The molecule has 0 fully saturated rings. The van der Waals surface area contributed by atoms with Crippen molar-refractivity contribution < 1.29 is 4.39 Å². The molecule has 0 amide bonds. The van der Waals surface area contributed by atoms with E-state index in [0.717, 1.165) is 15.7 Å². The van der Waals surface area contributed by atoms with Crippen molar-refractivity contribution in [3.63, 3.8) is 0 Å². The molecule has 1 aromatic carbocycles. The maximum atomic E-state index is 12.9. The van der Waals surface area contributed by atoms with Crippen LogP contribution in [0.1, 0.15) is 5.56 Å². The molecule has 1 N–H and O–H groups in total. The molecule has 0 radical (unpaired) electrons. The van der Waals surface area contributed by atoms with Crippen LogP contribution in [0.25, 0.3) is 0 Å². The molecule has 94 valence electrons. The van der Waals surface area contributed by atoms with Crippen molar-refractivity contribution >= 4 is 49.1 Å². The first kappa shape index (κ1) is 13.8. The Morgan fingerprint density at radius 3 is 2.78 bits per heavy atom. The van der Waals surface area contributed by atoms with E-state index in [2.05, 4.69) is 42.2 Å². The van der Waals surface area contributed by atoms with Crippen LogP contribution in [0.5, 0.6) is 0 Å². The summed E-state index contributed by atoms with van der Waals surface area (Å²) in [5.41, 5.74) is 1.74. The van der Waals surface area contributed by atoms with E-state index in [0.29, 0.717) is 16.2 Å². The fraction of sp³-hybridized carbons (Fsp3) is 0.0833. The van der Waals surface area contributed by atoms with Crippen LogP contribution < -0.4 is 5.32 Å². The topological polar surface area (TPSA) is 24.9 Å². The van der Waals surface area contributed by atoms with E-state index in [4.69, 9.17) is 11.6 Å². The minimum Gasteiger partial charge on any atom is -0.379 e. The summed E-state index contributed by atoms with van der Waals surface area (Å²) in [6.07, 6.45) is 1.56. The number of benzene rings is 1. The summed E-state index contributed by atoms with van der Waals surface area (Å²) in [4.78, 5) is 4.08. The second kappa shape index (κ2) is 5.99. The van der Waals surface area contributed by atoms with Crippen molar-refractivity contribution in [1.82, 2.24) is 4.98 Å². The van der Waals surface area contributed by atoms with Crippen molar-refractivity contribution in [3.05, 3.63) is 55.9 Å². The van der Waals surface area contributed by atoms with Crippen LogP contribution in [0.15, 0.2) is 39.5 Å². The number of aromatic nitrogens is 1. The van der Waals surface area contributed by atoms with E-state index in [1.165, 1.54) is 12.1 Å². The molecule has 0 aliphatic heterocycles. The molecule has 0 spiro atoms. The molecule has 0 aliphatic rings. The molecule has 0 aliphatic carbocycles. The predicted molar refractivity (Wildman–Crippen MR) is 78.4 cm³/mol. The lowest BCUT2D eigenvalue weighted by Gasteiger charge is -2.09. The smallest absolute Gasteiger partial charge is 0.129 e. The average molecular weight is 394 g/mol. The largest absolute Gasteiger partial charge is 0.379 e. The first-order valence-electron chi connectivity index (χ1n) is 5.05. The number of halogens is 4. The molecule has 2 aromatic rings. The van der Waals surface area contributed by atoms with Gasteiger partial charge >= 0.3 is 0 Å². The van der Waals surface area contributed by atoms with Crippen molar-refractivity contribution in [2.75, 3.05) is 5.32 Å². The van der Waals surface area contributed by atoms with Gasteiger partial charge in [-0.25, -0.2) is 9.37 Å². The summed E-state index contributed by atoms with van der Waals surface area (Å²) in [6, 6.07) is 6.35. The lowest BCUT2D eigenvalue weighted by Crippen LogP contribution is -2.01. The Bertz CT molecular complexity index is 578. The Morgan fingerprint density at radius 2 is 2.06 bits per heavy atom. The van der Waals surface area contributed by atoms with Gasteiger partial charge in [-0.2, -0.15) is 0 Å². The average Bonchev–Trinajstić information content (AvgIpc) is 2.32. The summed E-state index contributed by atoms with van der Waals surface area (Å²) in [5.74, 6) is -0.267. The molecule has 2 nitrogen and oxygen atoms in total. The van der Waals surface area contributed by atoms with Crippen molar-refractivity contribution in [1.29, 1.82) is 0 Å². The minimum atomic E-state index is -0.267. The maximum Gasteiger partial charge on any atom is 0.129 e. The van der Waals surface area contributed by atoms with Gasteiger partial charge in [-0.3, -0.25) is 0 Å². The molecule has 1 heterocycles. The van der Waals surface area contributed by atoms with Crippen LogP contribution in [0.2, 0.25) is 5.02 Å². The maximum absolute atomic E-state index is 12.9. The van der Waals surface area contributed by atoms with Gasteiger partial charge in [-0.1, -0.05) is 33.6 Å². The van der Waals surface area contributed by atoms with Gasteiger partial charge in [0, 0.05) is 17.2 Å². The van der Waals surface area contributed by atoms with Gasteiger partial charge in [0.15, 0.2) is 0 Å². The molecular formula is C12H8Br2ClFN2. The van der Waals surface area contributed by atoms with Crippen molar-refractivity contribution in [2.45, 2.75) is 6.54 Å². The second-order valence-electron chi connectivity index (χ2n) is 3.58. The van der Waals surface area contributed by atoms with Crippen LogP contribution in [0.4, 0.5) is 10.1 Å². The van der Waals surface area contributed by atoms with Crippen LogP contribution in [-0.2, 0) is 6.54 Å². The third-order valence-electron chi connectivity index (χ3n) is 2.29. The lowest BCUT2D eigenvalue weighted by molar-refractivity contribution is 0.626. The Labute approximate surface area is 126 Å². The monoisotopic (exact) mass is 392 g/mol. The van der Waals surface area contributed by atoms with Gasteiger partial charge < -0.3 is 5.32 Å². The van der Waals surface area contributed by atoms with Gasteiger partial charge in [0.1, 0.15) is 10.4 Å². The third-order valence-corrected chi connectivity index (χ3v) is 3.87. The van der Waals surface area contributed by atoms with Crippen LogP contribution in [-0.4, -0.2) is 4.98 Å². The molecule has 0 unspecified atom stereocenters. The van der Waals surface area contributed by atoms with Gasteiger partial charge in [-0.15, -0.1) is 0 Å². The molecular weight excluding hydrogens is 386 g/mol.